The van der Waals surface area contributed by atoms with E-state index >= 15 is 0 Å². The van der Waals surface area contributed by atoms with Gasteiger partial charge in [0.1, 0.15) is 4.83 Å². The van der Waals surface area contributed by atoms with E-state index in [1.165, 1.54) is 32.8 Å². The van der Waals surface area contributed by atoms with Crippen LogP contribution in [0.5, 0.6) is 0 Å². The highest BCUT2D eigenvalue weighted by Gasteiger charge is 2.13. The third-order valence-corrected chi connectivity index (χ3v) is 3.49. The van der Waals surface area contributed by atoms with Gasteiger partial charge in [-0.15, -0.1) is 0 Å². The van der Waals surface area contributed by atoms with Crippen LogP contribution >= 0.6 is 15.9 Å². The van der Waals surface area contributed by atoms with Gasteiger partial charge in [-0.2, -0.15) is 0 Å². The van der Waals surface area contributed by atoms with Gasteiger partial charge in [0, 0.05) is 6.54 Å². The zero-order chi connectivity index (χ0) is 11.8. The number of halogens is 1. The maximum Gasteiger partial charge on any atom is 0.320 e. The molecule has 0 radical (unpaired) electrons. The molecule has 92 valence electrons. The predicted octanol–water partition coefficient (Wildman–Crippen LogP) is 2.40. The van der Waals surface area contributed by atoms with Crippen LogP contribution in [0.4, 0.5) is 0 Å². The summed E-state index contributed by atoms with van der Waals surface area (Å²) < 4.78 is 4.62. The molecule has 0 aromatic heterocycles. The Kier molecular flexibility index (Phi) is 6.73. The van der Waals surface area contributed by atoms with E-state index in [2.05, 4.69) is 32.1 Å². The Bertz CT molecular complexity index is 253. The van der Waals surface area contributed by atoms with Gasteiger partial charge in [0.25, 0.3) is 0 Å². The Balaban J connectivity index is 2.07. The Morgan fingerprint density at radius 3 is 3.06 bits per heavy atom. The van der Waals surface area contributed by atoms with E-state index in [1.807, 2.05) is 0 Å². The van der Waals surface area contributed by atoms with Crippen LogP contribution in [-0.2, 0) is 9.53 Å². The Morgan fingerprint density at radius 2 is 2.44 bits per heavy atom. The van der Waals surface area contributed by atoms with Crippen LogP contribution in [0.2, 0.25) is 0 Å². The van der Waals surface area contributed by atoms with E-state index in [0.717, 1.165) is 13.0 Å². The van der Waals surface area contributed by atoms with Crippen molar-refractivity contribution in [1.82, 2.24) is 5.32 Å². The van der Waals surface area contributed by atoms with Crippen LogP contribution < -0.4 is 5.32 Å². The molecule has 16 heavy (non-hydrogen) atoms. The van der Waals surface area contributed by atoms with Crippen LogP contribution in [0.15, 0.2) is 11.6 Å². The highest BCUT2D eigenvalue weighted by Crippen LogP contribution is 2.19. The van der Waals surface area contributed by atoms with Crippen molar-refractivity contribution in [3.63, 3.8) is 0 Å². The van der Waals surface area contributed by atoms with Gasteiger partial charge in [-0.1, -0.05) is 27.6 Å². The fourth-order valence-corrected chi connectivity index (χ4v) is 2.24. The Morgan fingerprint density at radius 1 is 1.62 bits per heavy atom. The van der Waals surface area contributed by atoms with Crippen molar-refractivity contribution in [2.45, 2.75) is 36.9 Å². The lowest BCUT2D eigenvalue weighted by Crippen LogP contribution is -2.30. The molecule has 0 aromatic rings. The van der Waals surface area contributed by atoms with Crippen LogP contribution in [-0.4, -0.2) is 31.0 Å². The summed E-state index contributed by atoms with van der Waals surface area (Å²) in [7, 11) is 1.41. The van der Waals surface area contributed by atoms with Crippen LogP contribution in [0.25, 0.3) is 0 Å². The second-order valence-corrected chi connectivity index (χ2v) is 5.16. The van der Waals surface area contributed by atoms with Crippen LogP contribution in [0, 0.1) is 0 Å². The minimum absolute atomic E-state index is 0.218. The third-order valence-electron chi connectivity index (χ3n) is 2.79. The molecule has 1 aliphatic carbocycles. The quantitative estimate of drug-likeness (QED) is 0.353. The molecule has 1 rings (SSSR count). The number of allylic oxidation sites excluding steroid dienone is 1. The molecule has 4 heteroatoms. The lowest BCUT2D eigenvalue weighted by atomic mass is 9.97. The molecule has 0 amide bonds. The third kappa shape index (κ3) is 5.12. The zero-order valence-corrected chi connectivity index (χ0v) is 11.4. The largest absolute Gasteiger partial charge is 0.468 e. The first-order valence-electron chi connectivity index (χ1n) is 5.84. The number of rotatable bonds is 6. The molecule has 0 spiro atoms. The van der Waals surface area contributed by atoms with E-state index < -0.39 is 0 Å². The number of methoxy groups -OCH3 is 1. The van der Waals surface area contributed by atoms with Crippen molar-refractivity contribution in [3.05, 3.63) is 11.6 Å². The number of carbonyl (C=O) groups is 1. The van der Waals surface area contributed by atoms with Gasteiger partial charge in [0.15, 0.2) is 0 Å². The molecule has 0 aromatic carbocycles. The van der Waals surface area contributed by atoms with Gasteiger partial charge in [-0.05, 0) is 38.6 Å². The maximum absolute atomic E-state index is 11.1. The number of esters is 1. The zero-order valence-electron chi connectivity index (χ0n) is 9.80. The first kappa shape index (κ1) is 13.7. The fourth-order valence-electron chi connectivity index (χ4n) is 1.82. The molecule has 1 N–H and O–H groups in total. The summed E-state index contributed by atoms with van der Waals surface area (Å²) in [6.45, 7) is 1.56. The molecule has 0 aliphatic heterocycles. The highest BCUT2D eigenvalue weighted by molar-refractivity contribution is 9.10. The van der Waals surface area contributed by atoms with Crippen molar-refractivity contribution >= 4 is 21.9 Å². The molecule has 0 bridgehead atoms. The van der Waals surface area contributed by atoms with Gasteiger partial charge in [0.2, 0.25) is 0 Å². The monoisotopic (exact) mass is 289 g/mol. The summed E-state index contributed by atoms with van der Waals surface area (Å²) in [4.78, 5) is 10.8. The molecular formula is C12H20BrNO2. The molecule has 0 fully saturated rings. The van der Waals surface area contributed by atoms with Crippen LogP contribution in [0.1, 0.15) is 32.1 Å². The normalized spacial score (nSPS) is 17.8. The van der Waals surface area contributed by atoms with Crippen molar-refractivity contribution in [1.29, 1.82) is 0 Å². The molecule has 3 nitrogen and oxygen atoms in total. The lowest BCUT2D eigenvalue weighted by molar-refractivity contribution is -0.139. The Hall–Kier alpha value is -0.350. The van der Waals surface area contributed by atoms with Gasteiger partial charge in [0.05, 0.1) is 7.11 Å². The van der Waals surface area contributed by atoms with Crippen molar-refractivity contribution in [3.8, 4) is 0 Å². The molecule has 0 heterocycles. The Labute approximate surface area is 106 Å². The van der Waals surface area contributed by atoms with Gasteiger partial charge in [-0.3, -0.25) is 4.79 Å². The highest BCUT2D eigenvalue weighted by atomic mass is 79.9. The number of ether oxygens (including phenoxy) is 1. The van der Waals surface area contributed by atoms with E-state index in [4.69, 9.17) is 0 Å². The second kappa shape index (κ2) is 7.85. The number of hydrogen-bond donors (Lipinski definition) is 1. The summed E-state index contributed by atoms with van der Waals surface area (Å²) in [5.74, 6) is -0.218. The van der Waals surface area contributed by atoms with Gasteiger partial charge < -0.3 is 10.1 Å². The van der Waals surface area contributed by atoms with E-state index in [1.54, 1.807) is 5.57 Å². The fraction of sp³-hybridized carbons (Fsp3) is 0.750. The number of alkyl halides is 1. The average molecular weight is 290 g/mol. The summed E-state index contributed by atoms with van der Waals surface area (Å²) >= 11 is 3.28. The average Bonchev–Trinajstić information content (AvgIpc) is 2.34. The number of nitrogens with one attached hydrogen (secondary N) is 1. The molecule has 1 atom stereocenters. The maximum atomic E-state index is 11.1. The smallest absolute Gasteiger partial charge is 0.320 e. The van der Waals surface area contributed by atoms with Crippen LogP contribution in [0.3, 0.4) is 0 Å². The molecular weight excluding hydrogens is 270 g/mol. The molecule has 0 saturated carbocycles. The summed E-state index contributed by atoms with van der Waals surface area (Å²) in [5.41, 5.74) is 1.56. The SMILES string of the molecule is COC(=O)C(Br)CNCCC1=CCCCC1. The minimum Gasteiger partial charge on any atom is -0.468 e. The summed E-state index contributed by atoms with van der Waals surface area (Å²) in [5, 5.41) is 3.26. The van der Waals surface area contributed by atoms with E-state index in [-0.39, 0.29) is 10.8 Å². The van der Waals surface area contributed by atoms with E-state index in [9.17, 15) is 4.79 Å². The lowest BCUT2D eigenvalue weighted by Gasteiger charge is -2.13. The van der Waals surface area contributed by atoms with Crippen molar-refractivity contribution in [2.24, 2.45) is 0 Å². The number of carbonyl (C=O) groups excluding carboxylic acids is 1. The summed E-state index contributed by atoms with van der Waals surface area (Å²) in [6.07, 6.45) is 8.60. The second-order valence-electron chi connectivity index (χ2n) is 4.05. The van der Waals surface area contributed by atoms with Gasteiger partial charge >= 0.3 is 5.97 Å². The minimum atomic E-state index is -0.238. The molecule has 1 unspecified atom stereocenters. The van der Waals surface area contributed by atoms with Gasteiger partial charge in [-0.25, -0.2) is 0 Å². The first-order valence-corrected chi connectivity index (χ1v) is 6.76. The predicted molar refractivity (Wildman–Crippen MR) is 68.8 cm³/mol. The van der Waals surface area contributed by atoms with Crippen molar-refractivity contribution in [2.75, 3.05) is 20.2 Å². The first-order chi connectivity index (χ1) is 7.74. The molecule has 1 aliphatic rings. The summed E-state index contributed by atoms with van der Waals surface area (Å²) in [6, 6.07) is 0. The number of hydrogen-bond acceptors (Lipinski definition) is 3. The topological polar surface area (TPSA) is 38.3 Å². The molecule has 0 saturated heterocycles. The standard InChI is InChI=1S/C12H20BrNO2/c1-16-12(15)11(13)9-14-8-7-10-5-3-2-4-6-10/h5,11,14H,2-4,6-9H2,1H3. The van der Waals surface area contributed by atoms with Crippen molar-refractivity contribution < 1.29 is 9.53 Å². The van der Waals surface area contributed by atoms with E-state index in [0.29, 0.717) is 6.54 Å².